The highest BCUT2D eigenvalue weighted by Crippen LogP contribution is 2.22. The number of halogens is 1. The summed E-state index contributed by atoms with van der Waals surface area (Å²) < 4.78 is 12.8. The Hall–Kier alpha value is -1.42. The van der Waals surface area contributed by atoms with E-state index in [0.29, 0.717) is 0 Å². The van der Waals surface area contributed by atoms with Gasteiger partial charge in [0.15, 0.2) is 0 Å². The van der Waals surface area contributed by atoms with E-state index >= 15 is 0 Å². The van der Waals surface area contributed by atoms with Gasteiger partial charge in [-0.25, -0.2) is 4.39 Å². The fourth-order valence-corrected chi connectivity index (χ4v) is 1.86. The van der Waals surface area contributed by atoms with Gasteiger partial charge in [-0.1, -0.05) is 12.1 Å². The van der Waals surface area contributed by atoms with Crippen molar-refractivity contribution in [2.75, 3.05) is 6.54 Å². The first-order chi connectivity index (χ1) is 7.91. The van der Waals surface area contributed by atoms with Crippen LogP contribution in [0.15, 0.2) is 24.3 Å². The van der Waals surface area contributed by atoms with E-state index in [2.05, 4.69) is 0 Å². The minimum absolute atomic E-state index is 0.0176. The Morgan fingerprint density at radius 2 is 1.82 bits per heavy atom. The highest BCUT2D eigenvalue weighted by molar-refractivity contribution is 5.69. The lowest BCUT2D eigenvalue weighted by molar-refractivity contribution is -0.139. The van der Waals surface area contributed by atoms with Crippen LogP contribution in [0, 0.1) is 5.82 Å². The van der Waals surface area contributed by atoms with Gasteiger partial charge in [0.05, 0.1) is 6.54 Å². The Labute approximate surface area is 101 Å². The van der Waals surface area contributed by atoms with Crippen LogP contribution in [0.5, 0.6) is 0 Å². The van der Waals surface area contributed by atoms with Crippen molar-refractivity contribution >= 4 is 5.97 Å². The van der Waals surface area contributed by atoms with Crippen molar-refractivity contribution in [1.82, 2.24) is 4.90 Å². The molecule has 0 fully saturated rings. The van der Waals surface area contributed by atoms with Crippen LogP contribution in [-0.4, -0.2) is 28.6 Å². The fraction of sp³-hybridized carbons (Fsp3) is 0.462. The Morgan fingerprint density at radius 3 is 2.24 bits per heavy atom. The van der Waals surface area contributed by atoms with Crippen LogP contribution in [0.3, 0.4) is 0 Å². The summed E-state index contributed by atoms with van der Waals surface area (Å²) in [5.41, 5.74) is 0.918. The molecule has 0 radical (unpaired) electrons. The predicted molar refractivity (Wildman–Crippen MR) is 64.3 cm³/mol. The summed E-state index contributed by atoms with van der Waals surface area (Å²) in [4.78, 5) is 12.7. The molecule has 1 N–H and O–H groups in total. The number of carbonyl (C=O) groups is 1. The SMILES string of the molecule is CC(C)N(CC(=O)O)[C@H](C)c1ccc(F)cc1. The van der Waals surface area contributed by atoms with Gasteiger partial charge in [-0.05, 0) is 38.5 Å². The number of hydrogen-bond donors (Lipinski definition) is 1. The van der Waals surface area contributed by atoms with E-state index in [4.69, 9.17) is 5.11 Å². The molecule has 17 heavy (non-hydrogen) atoms. The molecule has 4 heteroatoms. The maximum absolute atomic E-state index is 12.8. The Balaban J connectivity index is 2.87. The summed E-state index contributed by atoms with van der Waals surface area (Å²) in [6.07, 6.45) is 0. The zero-order valence-electron chi connectivity index (χ0n) is 10.4. The number of benzene rings is 1. The molecule has 1 atom stereocenters. The van der Waals surface area contributed by atoms with Crippen LogP contribution in [-0.2, 0) is 4.79 Å². The summed E-state index contributed by atoms with van der Waals surface area (Å²) in [5, 5.41) is 8.87. The van der Waals surface area contributed by atoms with Gasteiger partial charge in [0.2, 0.25) is 0 Å². The van der Waals surface area contributed by atoms with E-state index in [-0.39, 0.29) is 24.4 Å². The van der Waals surface area contributed by atoms with Gasteiger partial charge in [0.25, 0.3) is 0 Å². The lowest BCUT2D eigenvalue weighted by Crippen LogP contribution is -2.37. The van der Waals surface area contributed by atoms with E-state index in [9.17, 15) is 9.18 Å². The second kappa shape index (κ2) is 5.77. The molecule has 1 aromatic rings. The number of nitrogens with zero attached hydrogens (tertiary/aromatic N) is 1. The number of hydrogen-bond acceptors (Lipinski definition) is 2. The largest absolute Gasteiger partial charge is 0.480 e. The number of carboxylic acid groups (broad SMARTS) is 1. The third-order valence-corrected chi connectivity index (χ3v) is 2.83. The van der Waals surface area contributed by atoms with Gasteiger partial charge < -0.3 is 5.11 Å². The van der Waals surface area contributed by atoms with Crippen LogP contribution in [0.1, 0.15) is 32.4 Å². The zero-order chi connectivity index (χ0) is 13.0. The minimum atomic E-state index is -0.854. The summed E-state index contributed by atoms with van der Waals surface area (Å²) in [5.74, 6) is -1.14. The molecule has 0 unspecified atom stereocenters. The monoisotopic (exact) mass is 239 g/mol. The average Bonchev–Trinajstić information content (AvgIpc) is 2.25. The summed E-state index contributed by atoms with van der Waals surface area (Å²) in [6, 6.07) is 6.24. The highest BCUT2D eigenvalue weighted by atomic mass is 19.1. The maximum atomic E-state index is 12.8. The third kappa shape index (κ3) is 3.82. The molecule has 0 saturated heterocycles. The van der Waals surface area contributed by atoms with Crippen molar-refractivity contribution in [2.45, 2.75) is 32.9 Å². The molecular formula is C13H18FNO2. The summed E-state index contributed by atoms with van der Waals surface area (Å²) in [6.45, 7) is 5.80. The molecule has 94 valence electrons. The lowest BCUT2D eigenvalue weighted by Gasteiger charge is -2.31. The van der Waals surface area contributed by atoms with Crippen molar-refractivity contribution in [1.29, 1.82) is 0 Å². The first kappa shape index (κ1) is 13.6. The molecular weight excluding hydrogens is 221 g/mol. The van der Waals surface area contributed by atoms with E-state index in [1.165, 1.54) is 12.1 Å². The molecule has 1 rings (SSSR count). The van der Waals surface area contributed by atoms with E-state index < -0.39 is 5.97 Å². The summed E-state index contributed by atoms with van der Waals surface area (Å²) >= 11 is 0. The van der Waals surface area contributed by atoms with Crippen LogP contribution < -0.4 is 0 Å². The van der Waals surface area contributed by atoms with Crippen molar-refractivity contribution < 1.29 is 14.3 Å². The van der Waals surface area contributed by atoms with Crippen LogP contribution in [0.25, 0.3) is 0 Å². The molecule has 0 aliphatic rings. The normalized spacial score (nSPS) is 13.1. The van der Waals surface area contributed by atoms with Gasteiger partial charge in [-0.3, -0.25) is 9.69 Å². The lowest BCUT2D eigenvalue weighted by atomic mass is 10.1. The highest BCUT2D eigenvalue weighted by Gasteiger charge is 2.21. The molecule has 1 aromatic carbocycles. The zero-order valence-corrected chi connectivity index (χ0v) is 10.4. The van der Waals surface area contributed by atoms with Gasteiger partial charge in [0.1, 0.15) is 5.82 Å². The quantitative estimate of drug-likeness (QED) is 0.858. The van der Waals surface area contributed by atoms with Crippen molar-refractivity contribution in [3.8, 4) is 0 Å². The molecule has 0 bridgehead atoms. The van der Waals surface area contributed by atoms with E-state index in [1.54, 1.807) is 12.1 Å². The van der Waals surface area contributed by atoms with Crippen molar-refractivity contribution in [2.24, 2.45) is 0 Å². The van der Waals surface area contributed by atoms with Crippen molar-refractivity contribution in [3.63, 3.8) is 0 Å². The fourth-order valence-electron chi connectivity index (χ4n) is 1.86. The Kier molecular flexibility index (Phi) is 4.63. The standard InChI is InChI=1S/C13H18FNO2/c1-9(2)15(8-13(16)17)10(3)11-4-6-12(14)7-5-11/h4-7,9-10H,8H2,1-3H3,(H,16,17)/t10-/m1/s1. The van der Waals surface area contributed by atoms with Gasteiger partial charge in [-0.15, -0.1) is 0 Å². The maximum Gasteiger partial charge on any atom is 0.317 e. The molecule has 0 aliphatic heterocycles. The molecule has 0 aliphatic carbocycles. The average molecular weight is 239 g/mol. The second-order valence-electron chi connectivity index (χ2n) is 4.39. The molecule has 3 nitrogen and oxygen atoms in total. The molecule has 0 amide bonds. The molecule has 0 aromatic heterocycles. The Bertz CT molecular complexity index is 376. The number of aliphatic carboxylic acids is 1. The van der Waals surface area contributed by atoms with E-state index in [0.717, 1.165) is 5.56 Å². The molecule has 0 saturated carbocycles. The first-order valence-corrected chi connectivity index (χ1v) is 5.64. The smallest absolute Gasteiger partial charge is 0.317 e. The molecule has 0 heterocycles. The second-order valence-corrected chi connectivity index (χ2v) is 4.39. The van der Waals surface area contributed by atoms with E-state index in [1.807, 2.05) is 25.7 Å². The predicted octanol–water partition coefficient (Wildman–Crippen LogP) is 2.68. The summed E-state index contributed by atoms with van der Waals surface area (Å²) in [7, 11) is 0. The molecule has 0 spiro atoms. The first-order valence-electron chi connectivity index (χ1n) is 5.64. The van der Waals surface area contributed by atoms with Gasteiger partial charge in [-0.2, -0.15) is 0 Å². The van der Waals surface area contributed by atoms with Crippen LogP contribution in [0.4, 0.5) is 4.39 Å². The topological polar surface area (TPSA) is 40.5 Å². The van der Waals surface area contributed by atoms with Gasteiger partial charge in [0, 0.05) is 12.1 Å². The Morgan fingerprint density at radius 1 is 1.29 bits per heavy atom. The third-order valence-electron chi connectivity index (χ3n) is 2.83. The van der Waals surface area contributed by atoms with Gasteiger partial charge >= 0.3 is 5.97 Å². The van der Waals surface area contributed by atoms with Crippen molar-refractivity contribution in [3.05, 3.63) is 35.6 Å². The number of rotatable bonds is 5. The number of carboxylic acids is 1. The van der Waals surface area contributed by atoms with Crippen LogP contribution >= 0.6 is 0 Å². The van der Waals surface area contributed by atoms with Crippen LogP contribution in [0.2, 0.25) is 0 Å². The minimum Gasteiger partial charge on any atom is -0.480 e.